The molecule has 6 heteroatoms. The Kier molecular flexibility index (Phi) is 5.22. The van der Waals surface area contributed by atoms with Gasteiger partial charge >= 0.3 is 0 Å². The van der Waals surface area contributed by atoms with Crippen LogP contribution in [-0.4, -0.2) is 17.1 Å². The molecule has 112 valence electrons. The number of hydrogen-bond donors (Lipinski definition) is 2. The number of rotatable bonds is 6. The van der Waals surface area contributed by atoms with Crippen LogP contribution < -0.4 is 15.8 Å². The van der Waals surface area contributed by atoms with Crippen molar-refractivity contribution in [2.24, 2.45) is 0 Å². The van der Waals surface area contributed by atoms with Gasteiger partial charge in [0.1, 0.15) is 23.2 Å². The van der Waals surface area contributed by atoms with E-state index in [1.807, 2.05) is 18.2 Å². The number of ether oxygens (including phenoxy) is 1. The van der Waals surface area contributed by atoms with Crippen LogP contribution in [0.4, 0.5) is 11.6 Å². The number of halogens is 1. The molecule has 0 bridgehead atoms. The highest BCUT2D eigenvalue weighted by atomic mass is 35.5. The second-order valence-corrected chi connectivity index (χ2v) is 5.03. The summed E-state index contributed by atoms with van der Waals surface area (Å²) in [6.07, 6.45) is 1.77. The van der Waals surface area contributed by atoms with Crippen molar-refractivity contribution in [2.75, 3.05) is 18.2 Å². The average Bonchev–Trinajstić information content (AvgIpc) is 2.45. The van der Waals surface area contributed by atoms with Crippen LogP contribution in [0.2, 0.25) is 5.02 Å². The topological polar surface area (TPSA) is 73.1 Å². The summed E-state index contributed by atoms with van der Waals surface area (Å²) >= 11 is 6.21. The molecule has 0 atom stereocenters. The number of methoxy groups -OCH3 is 1. The highest BCUT2D eigenvalue weighted by Gasteiger charge is 2.08. The zero-order valence-electron chi connectivity index (χ0n) is 12.2. The van der Waals surface area contributed by atoms with Gasteiger partial charge in [0.25, 0.3) is 0 Å². The molecule has 0 unspecified atom stereocenters. The van der Waals surface area contributed by atoms with E-state index in [1.54, 1.807) is 13.2 Å². The molecule has 0 aliphatic heterocycles. The van der Waals surface area contributed by atoms with Crippen molar-refractivity contribution in [2.45, 2.75) is 26.3 Å². The first kappa shape index (κ1) is 15.4. The van der Waals surface area contributed by atoms with Crippen molar-refractivity contribution in [3.63, 3.8) is 0 Å². The molecule has 3 N–H and O–H groups in total. The highest BCUT2D eigenvalue weighted by Crippen LogP contribution is 2.27. The van der Waals surface area contributed by atoms with Crippen LogP contribution in [0.3, 0.4) is 0 Å². The minimum atomic E-state index is 0.460. The molecule has 0 aliphatic rings. The average molecular weight is 307 g/mol. The van der Waals surface area contributed by atoms with E-state index < -0.39 is 0 Å². The van der Waals surface area contributed by atoms with E-state index >= 15 is 0 Å². The van der Waals surface area contributed by atoms with E-state index in [0.717, 1.165) is 30.0 Å². The first-order valence-electron chi connectivity index (χ1n) is 6.82. The number of benzene rings is 1. The second-order valence-electron chi connectivity index (χ2n) is 4.62. The van der Waals surface area contributed by atoms with Crippen molar-refractivity contribution in [1.82, 2.24) is 9.97 Å². The largest absolute Gasteiger partial charge is 0.496 e. The molecule has 0 spiro atoms. The number of nitrogens with zero attached hydrogens (tertiary/aromatic N) is 2. The van der Waals surface area contributed by atoms with E-state index in [1.165, 1.54) is 0 Å². The number of aryl methyl sites for hydroxylation is 1. The fourth-order valence-corrected chi connectivity index (χ4v) is 2.26. The maximum absolute atomic E-state index is 6.21. The molecule has 1 aromatic heterocycles. The van der Waals surface area contributed by atoms with Crippen molar-refractivity contribution < 1.29 is 4.74 Å². The number of nitrogens with two attached hydrogens (primary N) is 1. The number of hydrogen-bond acceptors (Lipinski definition) is 5. The minimum Gasteiger partial charge on any atom is -0.496 e. The van der Waals surface area contributed by atoms with E-state index in [4.69, 9.17) is 22.1 Å². The van der Waals surface area contributed by atoms with Crippen molar-refractivity contribution in [1.29, 1.82) is 0 Å². The summed E-state index contributed by atoms with van der Waals surface area (Å²) in [4.78, 5) is 8.64. The van der Waals surface area contributed by atoms with Crippen LogP contribution in [0, 0.1) is 0 Å². The minimum absolute atomic E-state index is 0.460. The molecule has 0 radical (unpaired) electrons. The monoisotopic (exact) mass is 306 g/mol. The first-order valence-corrected chi connectivity index (χ1v) is 7.20. The highest BCUT2D eigenvalue weighted by molar-refractivity contribution is 6.31. The van der Waals surface area contributed by atoms with Gasteiger partial charge in [-0.3, -0.25) is 0 Å². The van der Waals surface area contributed by atoms with Gasteiger partial charge in [-0.25, -0.2) is 9.97 Å². The third-order valence-corrected chi connectivity index (χ3v) is 3.36. The molecule has 0 saturated heterocycles. The number of anilines is 2. The zero-order valence-corrected chi connectivity index (χ0v) is 12.9. The summed E-state index contributed by atoms with van der Waals surface area (Å²) in [5, 5.41) is 3.87. The second kappa shape index (κ2) is 7.13. The fraction of sp³-hybridized carbons (Fsp3) is 0.333. The van der Waals surface area contributed by atoms with Gasteiger partial charge in [0.15, 0.2) is 0 Å². The van der Waals surface area contributed by atoms with Crippen molar-refractivity contribution >= 4 is 23.2 Å². The SMILES string of the molecule is CCCc1nc(N)cc(NCc2c(Cl)cccc2OC)n1. The molecule has 0 fully saturated rings. The van der Waals surface area contributed by atoms with Gasteiger partial charge in [0.05, 0.1) is 7.11 Å². The molecule has 0 amide bonds. The standard InChI is InChI=1S/C15H19ClN4O/c1-3-5-14-19-13(17)8-15(20-14)18-9-10-11(16)6-4-7-12(10)21-2/h4,6-8H,3,5,9H2,1-2H3,(H3,17,18,19,20). The molecule has 21 heavy (non-hydrogen) atoms. The lowest BCUT2D eigenvalue weighted by molar-refractivity contribution is 0.410. The van der Waals surface area contributed by atoms with Gasteiger partial charge in [-0.15, -0.1) is 0 Å². The Hall–Kier alpha value is -2.01. The van der Waals surface area contributed by atoms with E-state index in [0.29, 0.717) is 23.2 Å². The predicted octanol–water partition coefficient (Wildman–Crippen LogP) is 3.29. The van der Waals surface area contributed by atoms with Crippen LogP contribution >= 0.6 is 11.6 Å². The van der Waals surface area contributed by atoms with Crippen LogP contribution in [-0.2, 0) is 13.0 Å². The molecular formula is C15H19ClN4O. The molecule has 2 aromatic rings. The van der Waals surface area contributed by atoms with Crippen molar-refractivity contribution in [3.8, 4) is 5.75 Å². The Morgan fingerprint density at radius 2 is 2.14 bits per heavy atom. The Labute approximate surface area is 129 Å². The summed E-state index contributed by atoms with van der Waals surface area (Å²) < 4.78 is 5.32. The Balaban J connectivity index is 2.16. The van der Waals surface area contributed by atoms with Gasteiger partial charge < -0.3 is 15.8 Å². The maximum Gasteiger partial charge on any atom is 0.133 e. The van der Waals surface area contributed by atoms with Crippen LogP contribution in [0.1, 0.15) is 24.7 Å². The smallest absolute Gasteiger partial charge is 0.133 e. The zero-order chi connectivity index (χ0) is 15.2. The first-order chi connectivity index (χ1) is 10.1. The number of nitrogen functional groups attached to an aromatic ring is 1. The molecule has 1 heterocycles. The quantitative estimate of drug-likeness (QED) is 0.856. The molecule has 1 aromatic carbocycles. The van der Waals surface area contributed by atoms with E-state index in [-0.39, 0.29) is 0 Å². The third kappa shape index (κ3) is 3.98. The summed E-state index contributed by atoms with van der Waals surface area (Å²) in [5.41, 5.74) is 6.69. The lowest BCUT2D eigenvalue weighted by Gasteiger charge is -2.12. The molecule has 2 rings (SSSR count). The van der Waals surface area contributed by atoms with Crippen molar-refractivity contribution in [3.05, 3.63) is 40.7 Å². The van der Waals surface area contributed by atoms with Gasteiger partial charge in [0, 0.05) is 29.6 Å². The molecular weight excluding hydrogens is 288 g/mol. The number of aromatic nitrogens is 2. The van der Waals surface area contributed by atoms with Gasteiger partial charge in [-0.2, -0.15) is 0 Å². The number of nitrogens with one attached hydrogen (secondary N) is 1. The normalized spacial score (nSPS) is 10.4. The lowest BCUT2D eigenvalue weighted by atomic mass is 10.2. The lowest BCUT2D eigenvalue weighted by Crippen LogP contribution is -2.07. The maximum atomic E-state index is 6.21. The van der Waals surface area contributed by atoms with Gasteiger partial charge in [-0.1, -0.05) is 24.6 Å². The third-order valence-electron chi connectivity index (χ3n) is 3.01. The summed E-state index contributed by atoms with van der Waals surface area (Å²) in [6.45, 7) is 2.58. The van der Waals surface area contributed by atoms with Crippen LogP contribution in [0.25, 0.3) is 0 Å². The summed E-state index contributed by atoms with van der Waals surface area (Å²) in [5.74, 6) is 2.63. The van der Waals surface area contributed by atoms with Gasteiger partial charge in [-0.05, 0) is 18.6 Å². The molecule has 5 nitrogen and oxygen atoms in total. The van der Waals surface area contributed by atoms with E-state index in [9.17, 15) is 0 Å². The van der Waals surface area contributed by atoms with Crippen LogP contribution in [0.5, 0.6) is 5.75 Å². The van der Waals surface area contributed by atoms with E-state index in [2.05, 4.69) is 22.2 Å². The Morgan fingerprint density at radius 1 is 1.33 bits per heavy atom. The summed E-state index contributed by atoms with van der Waals surface area (Å²) in [6, 6.07) is 7.27. The Morgan fingerprint density at radius 3 is 2.86 bits per heavy atom. The molecule has 0 aliphatic carbocycles. The fourth-order valence-electron chi connectivity index (χ4n) is 2.02. The van der Waals surface area contributed by atoms with Gasteiger partial charge in [0.2, 0.25) is 0 Å². The predicted molar refractivity (Wildman–Crippen MR) is 85.8 cm³/mol. The summed E-state index contributed by atoms with van der Waals surface area (Å²) in [7, 11) is 1.62. The van der Waals surface area contributed by atoms with Crippen LogP contribution in [0.15, 0.2) is 24.3 Å². The molecule has 0 saturated carbocycles. The Bertz CT molecular complexity index is 619.